The van der Waals surface area contributed by atoms with E-state index in [2.05, 4.69) is 48.3 Å². The van der Waals surface area contributed by atoms with Crippen LogP contribution in [0.3, 0.4) is 0 Å². The van der Waals surface area contributed by atoms with Gasteiger partial charge in [0.25, 0.3) is 0 Å². The number of aliphatic hydroxyl groups excluding tert-OH is 1. The highest BCUT2D eigenvalue weighted by atomic mass is 32.2. The second-order valence-corrected chi connectivity index (χ2v) is 19.4. The molecule has 0 spiro atoms. The average molecular weight is 850 g/mol. The van der Waals surface area contributed by atoms with Gasteiger partial charge in [-0.2, -0.15) is 0 Å². The van der Waals surface area contributed by atoms with E-state index in [-0.39, 0.29) is 24.8 Å². The number of imidazole rings is 1. The van der Waals surface area contributed by atoms with Crippen molar-refractivity contribution in [1.29, 1.82) is 0 Å². The topological polar surface area (TPSA) is 212 Å². The Kier molecular flexibility index (Phi) is 17.1. The van der Waals surface area contributed by atoms with Crippen molar-refractivity contribution in [2.75, 3.05) is 24.6 Å². The second kappa shape index (κ2) is 22.2. The number of hydrogen-bond donors (Lipinski definition) is 6. The smallest absolute Gasteiger partial charge is 0.408 e. The number of nitrogens with one attached hydrogen (secondary N) is 5. The molecule has 0 bridgehead atoms. The molecule has 60 heavy (non-hydrogen) atoms. The molecule has 328 valence electrons. The Bertz CT molecular complexity index is 1910. The maximum atomic E-state index is 14.2. The Hall–Kier alpha value is -4.80. The molecule has 2 fully saturated rings. The fraction of sp³-hybridized carbons (Fsp3) is 0.568. The van der Waals surface area contributed by atoms with Gasteiger partial charge in [0.05, 0.1) is 24.2 Å². The number of H-pyrrole nitrogens is 1. The first kappa shape index (κ1) is 46.3. The molecule has 2 aromatic carbocycles. The van der Waals surface area contributed by atoms with Crippen molar-refractivity contribution in [2.45, 2.75) is 127 Å². The molecule has 1 aromatic heterocycles. The van der Waals surface area contributed by atoms with Crippen LogP contribution in [0.1, 0.15) is 89.0 Å². The van der Waals surface area contributed by atoms with Gasteiger partial charge in [0.1, 0.15) is 23.4 Å². The van der Waals surface area contributed by atoms with Gasteiger partial charge < -0.3 is 36.1 Å². The number of carbonyl (C=O) groups excluding carboxylic acids is 4. The van der Waals surface area contributed by atoms with Crippen LogP contribution in [-0.2, 0) is 48.3 Å². The van der Waals surface area contributed by atoms with E-state index >= 15 is 0 Å². The van der Waals surface area contributed by atoms with E-state index in [0.717, 1.165) is 57.3 Å². The Balaban J connectivity index is 1.25. The van der Waals surface area contributed by atoms with Crippen molar-refractivity contribution in [3.63, 3.8) is 0 Å². The third kappa shape index (κ3) is 16.0. The number of aromatic amines is 1. The maximum Gasteiger partial charge on any atom is 0.408 e. The summed E-state index contributed by atoms with van der Waals surface area (Å²) in [6, 6.07) is 15.8. The number of benzene rings is 2. The summed E-state index contributed by atoms with van der Waals surface area (Å²) >= 11 is 0. The van der Waals surface area contributed by atoms with Gasteiger partial charge in [-0.25, -0.2) is 18.2 Å². The molecule has 1 saturated carbocycles. The van der Waals surface area contributed by atoms with E-state index in [0.29, 0.717) is 25.0 Å². The van der Waals surface area contributed by atoms with Crippen LogP contribution < -0.4 is 21.3 Å². The zero-order valence-electron chi connectivity index (χ0n) is 35.1. The molecule has 3 aromatic rings. The number of piperidine rings is 1. The lowest BCUT2D eigenvalue weighted by Crippen LogP contribution is -2.58. The quantitative estimate of drug-likeness (QED) is 0.103. The summed E-state index contributed by atoms with van der Waals surface area (Å²) in [5, 5.41) is 22.8. The number of nitrogens with zero attached hydrogens (tertiary/aromatic N) is 2. The van der Waals surface area contributed by atoms with Crippen molar-refractivity contribution < 1.29 is 37.4 Å². The normalized spacial score (nSPS) is 17.7. The van der Waals surface area contributed by atoms with Gasteiger partial charge in [0.2, 0.25) is 17.7 Å². The average Bonchev–Trinajstić information content (AvgIpc) is 3.71. The third-order valence-electron chi connectivity index (χ3n) is 11.0. The number of likely N-dealkylation sites (tertiary alicyclic amines) is 1. The summed E-state index contributed by atoms with van der Waals surface area (Å²) in [6.45, 7) is 7.47. The van der Waals surface area contributed by atoms with Gasteiger partial charge in [0.15, 0.2) is 9.84 Å². The zero-order chi connectivity index (χ0) is 43.1. The number of alkyl carbamates (subject to hydrolysis) is 1. The maximum absolute atomic E-state index is 14.2. The molecule has 2 aliphatic rings. The molecule has 4 atom stereocenters. The highest BCUT2D eigenvalue weighted by molar-refractivity contribution is 7.92. The highest BCUT2D eigenvalue weighted by Crippen LogP contribution is 2.28. The number of amides is 4. The lowest BCUT2D eigenvalue weighted by Gasteiger charge is -2.32. The first-order valence-electron chi connectivity index (χ1n) is 21.2. The fourth-order valence-electron chi connectivity index (χ4n) is 7.97. The third-order valence-corrected chi connectivity index (χ3v) is 12.5. The number of aliphatic hydroxyl groups is 1. The van der Waals surface area contributed by atoms with Gasteiger partial charge in [-0.1, -0.05) is 92.8 Å². The van der Waals surface area contributed by atoms with E-state index < -0.39 is 75.0 Å². The van der Waals surface area contributed by atoms with Crippen molar-refractivity contribution in [1.82, 2.24) is 36.1 Å². The molecule has 2 heterocycles. The summed E-state index contributed by atoms with van der Waals surface area (Å²) < 4.78 is 32.4. The van der Waals surface area contributed by atoms with Crippen LogP contribution >= 0.6 is 0 Å². The van der Waals surface area contributed by atoms with E-state index in [1.54, 1.807) is 20.8 Å². The number of hydrogen-bond acceptors (Lipinski definition) is 10. The summed E-state index contributed by atoms with van der Waals surface area (Å²) in [7, 11) is -4.11. The van der Waals surface area contributed by atoms with Crippen molar-refractivity contribution in [3.05, 3.63) is 90.0 Å². The molecule has 5 rings (SSSR count). The minimum Gasteiger partial charge on any atom is -0.444 e. The monoisotopic (exact) mass is 849 g/mol. The summed E-state index contributed by atoms with van der Waals surface area (Å²) in [4.78, 5) is 63.5. The second-order valence-electron chi connectivity index (χ2n) is 17.3. The van der Waals surface area contributed by atoms with Crippen LogP contribution in [0.15, 0.2) is 73.2 Å². The lowest BCUT2D eigenvalue weighted by molar-refractivity contribution is -0.130. The van der Waals surface area contributed by atoms with Crippen LogP contribution in [0.25, 0.3) is 0 Å². The predicted molar refractivity (Wildman–Crippen MR) is 228 cm³/mol. The Morgan fingerprint density at radius 3 is 2.08 bits per heavy atom. The van der Waals surface area contributed by atoms with Crippen LogP contribution in [-0.4, -0.2) is 113 Å². The molecule has 1 aliphatic heterocycles. The SMILES string of the molecule is CC(C)(C)OC(=O)N[C@@H](Cc1ccccc1)C(=O)N[C@@H](Cc1cnc[nH]1)C(=O)N[C@@H](CC1CCCCC1)[C@@H](O)CS(=O)(=O)CC(=O)NC1CCN(Cc2ccccc2)CC1. The molecule has 6 N–H and O–H groups in total. The zero-order valence-corrected chi connectivity index (χ0v) is 35.9. The van der Waals surface area contributed by atoms with Crippen LogP contribution in [0.4, 0.5) is 4.79 Å². The highest BCUT2D eigenvalue weighted by Gasteiger charge is 2.35. The van der Waals surface area contributed by atoms with Gasteiger partial charge in [-0.05, 0) is 57.1 Å². The van der Waals surface area contributed by atoms with Gasteiger partial charge in [0, 0.05) is 50.4 Å². The molecule has 16 heteroatoms. The number of sulfone groups is 1. The molecule has 15 nitrogen and oxygen atoms in total. The Morgan fingerprint density at radius 1 is 0.850 bits per heavy atom. The van der Waals surface area contributed by atoms with Crippen LogP contribution in [0.2, 0.25) is 0 Å². The first-order chi connectivity index (χ1) is 28.6. The van der Waals surface area contributed by atoms with Gasteiger partial charge in [-0.15, -0.1) is 0 Å². The minimum atomic E-state index is -4.11. The molecule has 0 radical (unpaired) electrons. The van der Waals surface area contributed by atoms with Crippen LogP contribution in [0, 0.1) is 5.92 Å². The van der Waals surface area contributed by atoms with E-state index in [9.17, 15) is 32.7 Å². The minimum absolute atomic E-state index is 0.0159. The number of ether oxygens (including phenoxy) is 1. The molecular formula is C44H63N7O8S. The largest absolute Gasteiger partial charge is 0.444 e. The number of aromatic nitrogens is 2. The number of carbonyl (C=O) groups is 4. The van der Waals surface area contributed by atoms with Crippen molar-refractivity contribution in [3.8, 4) is 0 Å². The van der Waals surface area contributed by atoms with Crippen molar-refractivity contribution >= 4 is 33.7 Å². The summed E-state index contributed by atoms with van der Waals surface area (Å²) in [5.41, 5.74) is 1.68. The summed E-state index contributed by atoms with van der Waals surface area (Å²) in [5.74, 6) is -3.31. The predicted octanol–water partition coefficient (Wildman–Crippen LogP) is 3.58. The molecule has 1 aliphatic carbocycles. The Morgan fingerprint density at radius 2 is 1.47 bits per heavy atom. The molecule has 1 saturated heterocycles. The van der Waals surface area contributed by atoms with Gasteiger partial charge in [-0.3, -0.25) is 19.3 Å². The lowest BCUT2D eigenvalue weighted by atomic mass is 9.83. The van der Waals surface area contributed by atoms with E-state index in [4.69, 9.17) is 4.74 Å². The molecular weight excluding hydrogens is 787 g/mol. The number of rotatable bonds is 19. The van der Waals surface area contributed by atoms with E-state index in [1.165, 1.54) is 18.1 Å². The van der Waals surface area contributed by atoms with Crippen molar-refractivity contribution in [2.24, 2.45) is 5.92 Å². The van der Waals surface area contributed by atoms with Gasteiger partial charge >= 0.3 is 6.09 Å². The standard InChI is InChI=1S/C44H63N7O8S/c1-44(2,3)59-43(56)50-37(24-32-15-9-5-10-16-32)41(54)49-38(25-35-26-45-30-46-35)42(55)48-36(23-31-13-7-4-8-14-31)39(52)28-60(57,58)29-40(53)47-34-19-21-51(22-20-34)27-33-17-11-6-12-18-33/h5-6,9-12,15-18,26,30-31,34,36-39,52H,4,7-8,13-14,19-25,27-29H2,1-3H3,(H,45,46)(H,47,53)(H,48,55)(H,49,54)(H,50,56)/t36-,37-,38-,39-/m0/s1. The molecule has 4 amide bonds. The summed E-state index contributed by atoms with van der Waals surface area (Å²) in [6.07, 6.45) is 7.19. The molecule has 0 unspecified atom stereocenters. The van der Waals surface area contributed by atoms with Crippen LogP contribution in [0.5, 0.6) is 0 Å². The fourth-order valence-corrected chi connectivity index (χ4v) is 9.32. The van der Waals surface area contributed by atoms with E-state index in [1.807, 2.05) is 48.5 Å². The Labute approximate surface area is 354 Å². The first-order valence-corrected chi connectivity index (χ1v) is 23.0.